The van der Waals surface area contributed by atoms with Crippen molar-refractivity contribution in [3.8, 4) is 0 Å². The summed E-state index contributed by atoms with van der Waals surface area (Å²) in [6, 6.07) is 3.00. The largest absolute Gasteiger partial charge is 0.481 e. The van der Waals surface area contributed by atoms with Gasteiger partial charge in [0.15, 0.2) is 0 Å². The Labute approximate surface area is 106 Å². The number of rotatable bonds is 7. The molecule has 18 heavy (non-hydrogen) atoms. The van der Waals surface area contributed by atoms with E-state index < -0.39 is 16.0 Å². The Morgan fingerprint density at radius 2 is 2.17 bits per heavy atom. The number of aromatic nitrogens is 1. The normalized spacial score (nSPS) is 11.2. The van der Waals surface area contributed by atoms with E-state index in [1.54, 1.807) is 0 Å². The summed E-state index contributed by atoms with van der Waals surface area (Å²) in [5.74, 6) is -0.904. The van der Waals surface area contributed by atoms with Crippen LogP contribution in [0.25, 0.3) is 0 Å². The topological polar surface area (TPSA) is 96.4 Å². The predicted molar refractivity (Wildman–Crippen MR) is 67.9 cm³/mol. The Morgan fingerprint density at radius 1 is 1.44 bits per heavy atom. The molecule has 1 heterocycles. The van der Waals surface area contributed by atoms with Crippen LogP contribution < -0.4 is 4.72 Å². The van der Waals surface area contributed by atoms with Gasteiger partial charge < -0.3 is 5.11 Å². The molecule has 0 saturated carbocycles. The van der Waals surface area contributed by atoms with Gasteiger partial charge in [0.05, 0.1) is 29.8 Å². The van der Waals surface area contributed by atoms with Crippen molar-refractivity contribution < 1.29 is 18.3 Å². The third-order valence-corrected chi connectivity index (χ3v) is 3.57. The van der Waals surface area contributed by atoms with Crippen molar-refractivity contribution >= 4 is 21.7 Å². The molecular weight excluding hydrogens is 256 g/mol. The van der Waals surface area contributed by atoms with Crippen LogP contribution in [0.4, 0.5) is 5.69 Å². The van der Waals surface area contributed by atoms with Gasteiger partial charge in [-0.25, -0.2) is 8.42 Å². The molecule has 1 rings (SSSR count). The summed E-state index contributed by atoms with van der Waals surface area (Å²) in [5.41, 5.74) is 0.735. The van der Waals surface area contributed by atoms with E-state index in [0.29, 0.717) is 17.8 Å². The summed E-state index contributed by atoms with van der Waals surface area (Å²) in [6.07, 6.45) is 2.54. The number of nitrogens with zero attached hydrogens (tertiary/aromatic N) is 1. The summed E-state index contributed by atoms with van der Waals surface area (Å²) in [6.45, 7) is 1.91. The van der Waals surface area contributed by atoms with Crippen LogP contribution >= 0.6 is 0 Å². The fourth-order valence-corrected chi connectivity index (χ4v) is 2.56. The second kappa shape index (κ2) is 6.34. The van der Waals surface area contributed by atoms with E-state index >= 15 is 0 Å². The molecule has 0 fully saturated rings. The average molecular weight is 272 g/mol. The first-order valence-corrected chi connectivity index (χ1v) is 7.25. The minimum absolute atomic E-state index is 0.0698. The number of hydrogen-bond donors (Lipinski definition) is 2. The standard InChI is InChI=1S/C11H16N2O4S/c1-2-3-6-18(16,17)13-10-5-4-9(12-8-10)7-11(14)15/h4-5,8,13H,2-3,6-7H2,1H3,(H,14,15). The monoisotopic (exact) mass is 272 g/mol. The molecule has 0 amide bonds. The third-order valence-electron chi connectivity index (χ3n) is 2.20. The summed E-state index contributed by atoms with van der Waals surface area (Å²) < 4.78 is 25.6. The quantitative estimate of drug-likeness (QED) is 0.778. The predicted octanol–water partition coefficient (Wildman–Crippen LogP) is 1.25. The van der Waals surface area contributed by atoms with Crippen LogP contribution in [-0.2, 0) is 21.2 Å². The van der Waals surface area contributed by atoms with Gasteiger partial charge in [0, 0.05) is 0 Å². The summed E-state index contributed by atoms with van der Waals surface area (Å²) in [7, 11) is -3.34. The number of unbranched alkanes of at least 4 members (excludes halogenated alkanes) is 1. The number of aliphatic carboxylic acids is 1. The van der Waals surface area contributed by atoms with E-state index in [-0.39, 0.29) is 12.2 Å². The van der Waals surface area contributed by atoms with Gasteiger partial charge in [-0.3, -0.25) is 14.5 Å². The molecule has 0 aliphatic rings. The maximum Gasteiger partial charge on any atom is 0.309 e. The van der Waals surface area contributed by atoms with Crippen LogP contribution in [0.5, 0.6) is 0 Å². The van der Waals surface area contributed by atoms with E-state index in [4.69, 9.17) is 5.11 Å². The minimum atomic E-state index is -3.34. The van der Waals surface area contributed by atoms with Crippen molar-refractivity contribution in [3.05, 3.63) is 24.0 Å². The first kappa shape index (κ1) is 14.4. The van der Waals surface area contributed by atoms with Crippen LogP contribution in [0.1, 0.15) is 25.5 Å². The van der Waals surface area contributed by atoms with Crippen molar-refractivity contribution in [1.29, 1.82) is 0 Å². The van der Waals surface area contributed by atoms with Crippen LogP contribution in [0.15, 0.2) is 18.3 Å². The summed E-state index contributed by atoms with van der Waals surface area (Å²) in [5, 5.41) is 8.57. The second-order valence-corrected chi connectivity index (χ2v) is 5.73. The molecule has 6 nitrogen and oxygen atoms in total. The zero-order valence-corrected chi connectivity index (χ0v) is 10.9. The van der Waals surface area contributed by atoms with Gasteiger partial charge >= 0.3 is 5.97 Å². The highest BCUT2D eigenvalue weighted by atomic mass is 32.2. The maximum atomic E-state index is 11.6. The third kappa shape index (κ3) is 5.13. The molecule has 0 unspecified atom stereocenters. The Hall–Kier alpha value is -1.63. The molecule has 0 radical (unpaired) electrons. The number of hydrogen-bond acceptors (Lipinski definition) is 4. The Kier molecular flexibility index (Phi) is 5.08. The number of carbonyl (C=O) groups is 1. The number of carboxylic acids is 1. The van der Waals surface area contributed by atoms with E-state index in [2.05, 4.69) is 9.71 Å². The van der Waals surface area contributed by atoms with Gasteiger partial charge in [-0.2, -0.15) is 0 Å². The van der Waals surface area contributed by atoms with Gasteiger partial charge in [-0.1, -0.05) is 13.3 Å². The highest BCUT2D eigenvalue weighted by molar-refractivity contribution is 7.92. The van der Waals surface area contributed by atoms with Crippen molar-refractivity contribution in [3.63, 3.8) is 0 Å². The molecular formula is C11H16N2O4S. The van der Waals surface area contributed by atoms with Crippen LogP contribution in [0.2, 0.25) is 0 Å². The Balaban J connectivity index is 2.66. The van der Waals surface area contributed by atoms with Gasteiger partial charge in [0.2, 0.25) is 10.0 Å². The number of anilines is 1. The molecule has 0 atom stereocenters. The molecule has 0 saturated heterocycles. The molecule has 1 aromatic heterocycles. The second-order valence-electron chi connectivity index (χ2n) is 3.88. The minimum Gasteiger partial charge on any atom is -0.481 e. The molecule has 2 N–H and O–H groups in total. The highest BCUT2D eigenvalue weighted by Gasteiger charge is 2.10. The van der Waals surface area contributed by atoms with Gasteiger partial charge in [0.25, 0.3) is 0 Å². The molecule has 1 aromatic rings. The smallest absolute Gasteiger partial charge is 0.309 e. The number of sulfonamides is 1. The Morgan fingerprint density at radius 3 is 2.67 bits per heavy atom. The fourth-order valence-electron chi connectivity index (χ4n) is 1.31. The van der Waals surface area contributed by atoms with Gasteiger partial charge in [-0.15, -0.1) is 0 Å². The first-order chi connectivity index (χ1) is 8.43. The molecule has 0 aliphatic heterocycles. The van der Waals surface area contributed by atoms with E-state index in [1.165, 1.54) is 18.3 Å². The van der Waals surface area contributed by atoms with Crippen molar-refractivity contribution in [2.45, 2.75) is 26.2 Å². The maximum absolute atomic E-state index is 11.6. The number of nitrogens with one attached hydrogen (secondary N) is 1. The molecule has 0 aromatic carbocycles. The molecule has 7 heteroatoms. The Bertz CT molecular complexity index is 496. The van der Waals surface area contributed by atoms with Crippen LogP contribution in [0, 0.1) is 0 Å². The summed E-state index contributed by atoms with van der Waals surface area (Å²) in [4.78, 5) is 14.3. The van der Waals surface area contributed by atoms with Crippen molar-refractivity contribution in [1.82, 2.24) is 4.98 Å². The fraction of sp³-hybridized carbons (Fsp3) is 0.455. The SMILES string of the molecule is CCCCS(=O)(=O)Nc1ccc(CC(=O)O)nc1. The molecule has 0 spiro atoms. The van der Waals surface area contributed by atoms with E-state index in [0.717, 1.165) is 6.42 Å². The number of carboxylic acid groups (broad SMARTS) is 1. The lowest BCUT2D eigenvalue weighted by Crippen LogP contribution is -2.16. The zero-order valence-electron chi connectivity index (χ0n) is 10.1. The number of pyridine rings is 1. The van der Waals surface area contributed by atoms with Crippen LogP contribution in [0.3, 0.4) is 0 Å². The highest BCUT2D eigenvalue weighted by Crippen LogP contribution is 2.10. The zero-order chi connectivity index (χ0) is 13.6. The first-order valence-electron chi connectivity index (χ1n) is 5.60. The average Bonchev–Trinajstić information content (AvgIpc) is 2.28. The van der Waals surface area contributed by atoms with Crippen LogP contribution in [-0.4, -0.2) is 30.2 Å². The van der Waals surface area contributed by atoms with Crippen molar-refractivity contribution in [2.24, 2.45) is 0 Å². The van der Waals surface area contributed by atoms with E-state index in [1.807, 2.05) is 6.92 Å². The molecule has 0 aliphatic carbocycles. The van der Waals surface area contributed by atoms with E-state index in [9.17, 15) is 13.2 Å². The lowest BCUT2D eigenvalue weighted by Gasteiger charge is -2.07. The van der Waals surface area contributed by atoms with Crippen molar-refractivity contribution in [2.75, 3.05) is 10.5 Å². The van der Waals surface area contributed by atoms with Gasteiger partial charge in [-0.05, 0) is 18.6 Å². The lowest BCUT2D eigenvalue weighted by molar-refractivity contribution is -0.136. The molecule has 100 valence electrons. The lowest BCUT2D eigenvalue weighted by atomic mass is 10.3. The van der Waals surface area contributed by atoms with Gasteiger partial charge in [0.1, 0.15) is 0 Å². The summed E-state index contributed by atoms with van der Waals surface area (Å²) >= 11 is 0. The molecule has 0 bridgehead atoms.